The van der Waals surface area contributed by atoms with E-state index < -0.39 is 21.0 Å². The van der Waals surface area contributed by atoms with Gasteiger partial charge >= 0.3 is 15.6 Å². The zero-order chi connectivity index (χ0) is 16.6. The first-order chi connectivity index (χ1) is 9.25. The largest absolute Gasteiger partial charge is 0.534 e. The van der Waals surface area contributed by atoms with Gasteiger partial charge < -0.3 is 4.18 Å². The summed E-state index contributed by atoms with van der Waals surface area (Å²) in [4.78, 5) is 0. The molecule has 0 saturated heterocycles. The molecule has 0 radical (unpaired) electrons. The van der Waals surface area contributed by atoms with E-state index in [2.05, 4.69) is 10.8 Å². The van der Waals surface area contributed by atoms with Crippen molar-refractivity contribution in [3.63, 3.8) is 0 Å². The van der Waals surface area contributed by atoms with Gasteiger partial charge in [-0.1, -0.05) is 39.0 Å². The Morgan fingerprint density at radius 3 is 2.14 bits per heavy atom. The summed E-state index contributed by atoms with van der Waals surface area (Å²) < 4.78 is 63.9. The normalized spacial score (nSPS) is 13.1. The van der Waals surface area contributed by atoms with Crippen molar-refractivity contribution < 1.29 is 25.8 Å². The number of hydrogen-bond donors (Lipinski definition) is 0. The van der Waals surface area contributed by atoms with Crippen molar-refractivity contribution in [2.45, 2.75) is 33.2 Å². The zero-order valence-electron chi connectivity index (χ0n) is 12.2. The van der Waals surface area contributed by atoms with Crippen molar-refractivity contribution in [2.75, 3.05) is 0 Å². The third-order valence-electron chi connectivity index (χ3n) is 2.85. The summed E-state index contributed by atoms with van der Waals surface area (Å²) in [6.45, 7) is 11.0. The van der Waals surface area contributed by atoms with Crippen LogP contribution in [0.1, 0.15) is 31.9 Å². The minimum absolute atomic E-state index is 0.246. The standard InChI is InChI=1S/C14H17F3O3S/c1-9-6-7-12(20-21(18,19)14(15,16)17)11(8-9)10(2)13(3,4)5/h6-8H,2H2,1,3-5H3. The number of alkyl halides is 3. The predicted molar refractivity (Wildman–Crippen MR) is 75.3 cm³/mol. The van der Waals surface area contributed by atoms with Gasteiger partial charge in [-0.15, -0.1) is 0 Å². The van der Waals surface area contributed by atoms with E-state index in [1.165, 1.54) is 12.1 Å². The fourth-order valence-electron chi connectivity index (χ4n) is 1.52. The molecule has 0 saturated carbocycles. The Kier molecular flexibility index (Phi) is 4.48. The molecule has 21 heavy (non-hydrogen) atoms. The molecular formula is C14H17F3O3S. The Morgan fingerprint density at radius 2 is 1.71 bits per heavy atom. The van der Waals surface area contributed by atoms with Gasteiger partial charge in [0.05, 0.1) is 0 Å². The summed E-state index contributed by atoms with van der Waals surface area (Å²) in [7, 11) is -5.71. The molecule has 0 aliphatic carbocycles. The van der Waals surface area contributed by atoms with E-state index >= 15 is 0 Å². The minimum Gasteiger partial charge on any atom is -0.375 e. The van der Waals surface area contributed by atoms with Crippen LogP contribution in [0.2, 0.25) is 0 Å². The maximum Gasteiger partial charge on any atom is 0.534 e. The molecule has 0 unspecified atom stereocenters. The van der Waals surface area contributed by atoms with Crippen LogP contribution in [0, 0.1) is 12.3 Å². The zero-order valence-corrected chi connectivity index (χ0v) is 13.0. The molecule has 1 rings (SSSR count). The van der Waals surface area contributed by atoms with Crippen LogP contribution in [0.25, 0.3) is 5.57 Å². The van der Waals surface area contributed by atoms with Crippen LogP contribution in [0.5, 0.6) is 5.75 Å². The lowest BCUT2D eigenvalue weighted by Gasteiger charge is -2.24. The molecule has 0 aliphatic rings. The molecular weight excluding hydrogens is 305 g/mol. The topological polar surface area (TPSA) is 43.4 Å². The van der Waals surface area contributed by atoms with Crippen molar-refractivity contribution in [3.8, 4) is 5.75 Å². The minimum atomic E-state index is -5.71. The fraction of sp³-hybridized carbons (Fsp3) is 0.429. The van der Waals surface area contributed by atoms with E-state index in [9.17, 15) is 21.6 Å². The second kappa shape index (κ2) is 5.36. The summed E-state index contributed by atoms with van der Waals surface area (Å²) in [5.74, 6) is -0.377. The number of allylic oxidation sites excluding steroid dienone is 1. The molecule has 1 aromatic carbocycles. The second-order valence-electron chi connectivity index (χ2n) is 5.71. The van der Waals surface area contributed by atoms with Crippen LogP contribution in [-0.4, -0.2) is 13.9 Å². The van der Waals surface area contributed by atoms with Crippen LogP contribution in [0.15, 0.2) is 24.8 Å². The van der Waals surface area contributed by atoms with Gasteiger partial charge in [-0.3, -0.25) is 0 Å². The van der Waals surface area contributed by atoms with Crippen LogP contribution in [0.4, 0.5) is 13.2 Å². The summed E-state index contributed by atoms with van der Waals surface area (Å²) >= 11 is 0. The SMILES string of the molecule is C=C(c1cc(C)ccc1OS(=O)(=O)C(F)(F)F)C(C)(C)C. The van der Waals surface area contributed by atoms with Crippen LogP contribution < -0.4 is 4.18 Å². The highest BCUT2D eigenvalue weighted by molar-refractivity contribution is 7.88. The fourth-order valence-corrected chi connectivity index (χ4v) is 2.00. The molecule has 0 N–H and O–H groups in total. The third-order valence-corrected chi connectivity index (χ3v) is 3.81. The van der Waals surface area contributed by atoms with E-state index in [0.717, 1.165) is 5.56 Å². The molecule has 7 heteroatoms. The number of hydrogen-bond acceptors (Lipinski definition) is 3. The van der Waals surface area contributed by atoms with Gasteiger partial charge in [-0.25, -0.2) is 0 Å². The molecule has 0 amide bonds. The molecule has 1 aromatic rings. The van der Waals surface area contributed by atoms with E-state index in [1.807, 2.05) is 20.8 Å². The second-order valence-corrected chi connectivity index (χ2v) is 7.25. The van der Waals surface area contributed by atoms with Crippen molar-refractivity contribution in [3.05, 3.63) is 35.9 Å². The Morgan fingerprint density at radius 1 is 1.19 bits per heavy atom. The molecule has 0 fully saturated rings. The van der Waals surface area contributed by atoms with Crippen LogP contribution >= 0.6 is 0 Å². The Balaban J connectivity index is 3.37. The van der Waals surface area contributed by atoms with Gasteiger partial charge in [0.2, 0.25) is 0 Å². The third kappa shape index (κ3) is 4.00. The van der Waals surface area contributed by atoms with Crippen molar-refractivity contribution in [1.29, 1.82) is 0 Å². The molecule has 0 heterocycles. The highest BCUT2D eigenvalue weighted by Crippen LogP contribution is 2.39. The van der Waals surface area contributed by atoms with Gasteiger partial charge in [0, 0.05) is 5.56 Å². The smallest absolute Gasteiger partial charge is 0.375 e. The van der Waals surface area contributed by atoms with Gasteiger partial charge in [-0.05, 0) is 30.0 Å². The summed E-state index contributed by atoms with van der Waals surface area (Å²) in [6, 6.07) is 4.22. The van der Waals surface area contributed by atoms with Crippen LogP contribution in [0.3, 0.4) is 0 Å². The summed E-state index contributed by atoms with van der Waals surface area (Å²) in [5.41, 5.74) is -4.44. The quantitative estimate of drug-likeness (QED) is 0.616. The van der Waals surface area contributed by atoms with Gasteiger partial charge in [0.15, 0.2) is 0 Å². The van der Waals surface area contributed by atoms with Crippen molar-refractivity contribution in [2.24, 2.45) is 5.41 Å². The lowest BCUT2D eigenvalue weighted by molar-refractivity contribution is -0.0500. The Labute approximate surface area is 122 Å². The average molecular weight is 322 g/mol. The summed E-state index contributed by atoms with van der Waals surface area (Å²) in [5, 5.41) is 0. The molecule has 118 valence electrons. The van der Waals surface area contributed by atoms with E-state index in [1.54, 1.807) is 13.0 Å². The molecule has 0 aliphatic heterocycles. The van der Waals surface area contributed by atoms with Crippen molar-refractivity contribution >= 4 is 15.7 Å². The number of halogens is 3. The lowest BCUT2D eigenvalue weighted by Crippen LogP contribution is -2.28. The van der Waals surface area contributed by atoms with E-state index in [0.29, 0.717) is 5.57 Å². The highest BCUT2D eigenvalue weighted by atomic mass is 32.2. The first-order valence-corrected chi connectivity index (χ1v) is 7.48. The maximum absolute atomic E-state index is 12.4. The highest BCUT2D eigenvalue weighted by Gasteiger charge is 2.48. The monoisotopic (exact) mass is 322 g/mol. The molecule has 0 aromatic heterocycles. The lowest BCUT2D eigenvalue weighted by atomic mass is 9.82. The Bertz CT molecular complexity index is 653. The number of benzene rings is 1. The predicted octanol–water partition coefficient (Wildman–Crippen LogP) is 4.28. The maximum atomic E-state index is 12.4. The molecule has 3 nitrogen and oxygen atoms in total. The van der Waals surface area contributed by atoms with Gasteiger partial charge in [-0.2, -0.15) is 21.6 Å². The van der Waals surface area contributed by atoms with E-state index in [-0.39, 0.29) is 11.3 Å². The number of aryl methyl sites for hydroxylation is 1. The Hall–Kier alpha value is -1.50. The van der Waals surface area contributed by atoms with Gasteiger partial charge in [0.25, 0.3) is 0 Å². The molecule has 0 spiro atoms. The van der Waals surface area contributed by atoms with E-state index in [4.69, 9.17) is 0 Å². The number of rotatable bonds is 3. The molecule has 0 atom stereocenters. The first kappa shape index (κ1) is 17.6. The average Bonchev–Trinajstić information content (AvgIpc) is 2.27. The van der Waals surface area contributed by atoms with Gasteiger partial charge in [0.1, 0.15) is 5.75 Å². The summed E-state index contributed by atoms with van der Waals surface area (Å²) in [6.07, 6.45) is 0. The van der Waals surface area contributed by atoms with Crippen molar-refractivity contribution in [1.82, 2.24) is 0 Å². The first-order valence-electron chi connectivity index (χ1n) is 6.07. The van der Waals surface area contributed by atoms with Crippen LogP contribution in [-0.2, 0) is 10.1 Å². The molecule has 0 bridgehead atoms.